The fourth-order valence-electron chi connectivity index (χ4n) is 3.58. The second-order valence-corrected chi connectivity index (χ2v) is 6.35. The Bertz CT molecular complexity index is 548. The maximum absolute atomic E-state index is 4.32. The summed E-state index contributed by atoms with van der Waals surface area (Å²) in [7, 11) is 0. The van der Waals surface area contributed by atoms with Crippen molar-refractivity contribution in [1.29, 1.82) is 0 Å². The van der Waals surface area contributed by atoms with Crippen molar-refractivity contribution in [3.63, 3.8) is 0 Å². The van der Waals surface area contributed by atoms with Gasteiger partial charge in [-0.15, -0.1) is 11.3 Å². The highest BCUT2D eigenvalue weighted by Gasteiger charge is 2.39. The molecule has 0 aliphatic heterocycles. The lowest BCUT2D eigenvalue weighted by Crippen LogP contribution is -2.25. The highest BCUT2D eigenvalue weighted by Crippen LogP contribution is 2.45. The number of aromatic nitrogens is 1. The molecule has 0 saturated heterocycles. The first-order valence-corrected chi connectivity index (χ1v) is 7.36. The van der Waals surface area contributed by atoms with Crippen molar-refractivity contribution in [2.24, 2.45) is 11.8 Å². The van der Waals surface area contributed by atoms with Crippen LogP contribution in [0.25, 0.3) is 10.2 Å². The maximum atomic E-state index is 4.32. The molecular weight excluding hydrogens is 228 g/mol. The van der Waals surface area contributed by atoms with Gasteiger partial charge in [0.15, 0.2) is 0 Å². The molecule has 2 bridgehead atoms. The zero-order valence-electron chi connectivity index (χ0n) is 9.73. The summed E-state index contributed by atoms with van der Waals surface area (Å²) in [5.74, 6) is 1.93. The van der Waals surface area contributed by atoms with Crippen LogP contribution in [0.4, 0.5) is 5.69 Å². The predicted octanol–water partition coefficient (Wildman–Crippen LogP) is 3.90. The number of nitrogens with zero attached hydrogens (tertiary/aromatic N) is 1. The molecular formula is C14H16N2S. The van der Waals surface area contributed by atoms with Gasteiger partial charge in [0.05, 0.1) is 15.7 Å². The van der Waals surface area contributed by atoms with Gasteiger partial charge in [0.1, 0.15) is 0 Å². The van der Waals surface area contributed by atoms with Crippen molar-refractivity contribution in [2.45, 2.75) is 31.7 Å². The van der Waals surface area contributed by atoms with Crippen LogP contribution < -0.4 is 5.32 Å². The summed E-state index contributed by atoms with van der Waals surface area (Å²) in [5, 5.41) is 3.73. The molecule has 0 amide bonds. The predicted molar refractivity (Wildman–Crippen MR) is 72.5 cm³/mol. The average Bonchev–Trinajstić information content (AvgIpc) is 3.03. The second-order valence-electron chi connectivity index (χ2n) is 5.46. The number of anilines is 1. The molecule has 3 atom stereocenters. The third-order valence-electron chi connectivity index (χ3n) is 4.42. The molecule has 1 aromatic carbocycles. The Morgan fingerprint density at radius 2 is 2.24 bits per heavy atom. The van der Waals surface area contributed by atoms with Gasteiger partial charge in [-0.3, -0.25) is 0 Å². The summed E-state index contributed by atoms with van der Waals surface area (Å²) in [6.07, 6.45) is 5.74. The Balaban J connectivity index is 1.58. The van der Waals surface area contributed by atoms with Gasteiger partial charge in [-0.05, 0) is 49.3 Å². The van der Waals surface area contributed by atoms with Gasteiger partial charge >= 0.3 is 0 Å². The normalized spacial score (nSPS) is 31.2. The molecule has 2 aliphatic carbocycles. The zero-order chi connectivity index (χ0) is 11.2. The molecule has 1 heterocycles. The molecule has 2 aliphatic rings. The van der Waals surface area contributed by atoms with E-state index in [0.717, 1.165) is 23.4 Å². The first-order valence-electron chi connectivity index (χ1n) is 6.48. The van der Waals surface area contributed by atoms with Crippen molar-refractivity contribution < 1.29 is 0 Å². The van der Waals surface area contributed by atoms with Crippen LogP contribution in [0.3, 0.4) is 0 Å². The second kappa shape index (κ2) is 3.70. The van der Waals surface area contributed by atoms with E-state index >= 15 is 0 Å². The molecule has 2 fully saturated rings. The monoisotopic (exact) mass is 244 g/mol. The Morgan fingerprint density at radius 1 is 1.24 bits per heavy atom. The molecule has 1 N–H and O–H groups in total. The molecule has 88 valence electrons. The number of nitrogens with one attached hydrogen (secondary N) is 1. The van der Waals surface area contributed by atoms with Gasteiger partial charge in [-0.2, -0.15) is 0 Å². The summed E-state index contributed by atoms with van der Waals surface area (Å²) in [6.45, 7) is 0. The van der Waals surface area contributed by atoms with Gasteiger partial charge < -0.3 is 5.32 Å². The summed E-state index contributed by atoms with van der Waals surface area (Å²) < 4.78 is 1.29. The van der Waals surface area contributed by atoms with E-state index in [-0.39, 0.29) is 0 Å². The van der Waals surface area contributed by atoms with Crippen LogP contribution in [0.1, 0.15) is 25.7 Å². The van der Waals surface area contributed by atoms with E-state index in [1.807, 2.05) is 5.51 Å². The quantitative estimate of drug-likeness (QED) is 0.866. The minimum atomic E-state index is 0.721. The summed E-state index contributed by atoms with van der Waals surface area (Å²) in [4.78, 5) is 4.32. The van der Waals surface area contributed by atoms with Crippen LogP contribution in [0.2, 0.25) is 0 Å². The van der Waals surface area contributed by atoms with E-state index in [0.29, 0.717) is 0 Å². The topological polar surface area (TPSA) is 24.9 Å². The molecule has 3 unspecified atom stereocenters. The summed E-state index contributed by atoms with van der Waals surface area (Å²) >= 11 is 1.72. The molecule has 4 rings (SSSR count). The fraction of sp³-hybridized carbons (Fsp3) is 0.500. The Morgan fingerprint density at radius 3 is 3.06 bits per heavy atom. The Labute approximate surface area is 105 Å². The van der Waals surface area contributed by atoms with Crippen molar-refractivity contribution in [3.05, 3.63) is 23.7 Å². The van der Waals surface area contributed by atoms with Crippen molar-refractivity contribution in [3.8, 4) is 0 Å². The summed E-state index contributed by atoms with van der Waals surface area (Å²) in [6, 6.07) is 7.27. The molecule has 2 nitrogen and oxygen atoms in total. The molecule has 2 aromatic rings. The van der Waals surface area contributed by atoms with Crippen molar-refractivity contribution in [2.75, 3.05) is 5.32 Å². The number of hydrogen-bond acceptors (Lipinski definition) is 3. The fourth-order valence-corrected chi connectivity index (χ4v) is 4.30. The van der Waals surface area contributed by atoms with Gasteiger partial charge in [0.2, 0.25) is 0 Å². The van der Waals surface area contributed by atoms with Gasteiger partial charge in [-0.1, -0.05) is 6.42 Å². The lowest BCUT2D eigenvalue weighted by atomic mass is 9.95. The minimum absolute atomic E-state index is 0.721. The van der Waals surface area contributed by atoms with E-state index in [4.69, 9.17) is 0 Å². The van der Waals surface area contributed by atoms with E-state index in [9.17, 15) is 0 Å². The SMILES string of the molecule is c1nc2ccc(NC3CC4CCC3C4)cc2s1. The van der Waals surface area contributed by atoms with E-state index < -0.39 is 0 Å². The highest BCUT2D eigenvalue weighted by atomic mass is 32.1. The van der Waals surface area contributed by atoms with Gasteiger partial charge in [0.25, 0.3) is 0 Å². The van der Waals surface area contributed by atoms with Crippen LogP contribution >= 0.6 is 11.3 Å². The van der Waals surface area contributed by atoms with Crippen LogP contribution in [-0.2, 0) is 0 Å². The van der Waals surface area contributed by atoms with Gasteiger partial charge in [0, 0.05) is 11.7 Å². The third kappa shape index (κ3) is 1.64. The highest BCUT2D eigenvalue weighted by molar-refractivity contribution is 7.16. The first-order chi connectivity index (χ1) is 8.38. The average molecular weight is 244 g/mol. The maximum Gasteiger partial charge on any atom is 0.0813 e. The van der Waals surface area contributed by atoms with Crippen molar-refractivity contribution in [1.82, 2.24) is 4.98 Å². The number of rotatable bonds is 2. The first kappa shape index (κ1) is 9.89. The largest absolute Gasteiger partial charge is 0.382 e. The van der Waals surface area contributed by atoms with E-state index in [1.165, 1.54) is 36.1 Å². The van der Waals surface area contributed by atoms with Gasteiger partial charge in [-0.25, -0.2) is 4.98 Å². The van der Waals surface area contributed by atoms with Crippen LogP contribution in [0.15, 0.2) is 23.7 Å². The minimum Gasteiger partial charge on any atom is -0.382 e. The van der Waals surface area contributed by atoms with Crippen LogP contribution in [-0.4, -0.2) is 11.0 Å². The lowest BCUT2D eigenvalue weighted by Gasteiger charge is -2.23. The molecule has 0 radical (unpaired) electrons. The van der Waals surface area contributed by atoms with Crippen molar-refractivity contribution >= 4 is 27.2 Å². The summed E-state index contributed by atoms with van der Waals surface area (Å²) in [5.41, 5.74) is 4.32. The lowest BCUT2D eigenvalue weighted by molar-refractivity contribution is 0.440. The van der Waals surface area contributed by atoms with Crippen LogP contribution in [0.5, 0.6) is 0 Å². The van der Waals surface area contributed by atoms with E-state index in [1.54, 1.807) is 11.3 Å². The zero-order valence-corrected chi connectivity index (χ0v) is 10.5. The smallest absolute Gasteiger partial charge is 0.0813 e. The number of thiazole rings is 1. The third-order valence-corrected chi connectivity index (χ3v) is 5.21. The molecule has 3 heteroatoms. The molecule has 17 heavy (non-hydrogen) atoms. The van der Waals surface area contributed by atoms with Crippen LogP contribution in [0, 0.1) is 11.8 Å². The number of fused-ring (bicyclic) bond motifs is 3. The Kier molecular flexibility index (Phi) is 2.15. The number of hydrogen-bond donors (Lipinski definition) is 1. The molecule has 2 saturated carbocycles. The van der Waals surface area contributed by atoms with E-state index in [2.05, 4.69) is 28.5 Å². The molecule has 1 aromatic heterocycles. The number of benzene rings is 1. The Hall–Kier alpha value is -1.09. The standard InChI is InChI=1S/C14H16N2S/c1-2-10-5-9(1)6-13(10)16-11-3-4-12-14(7-11)17-8-15-12/h3-4,7-10,13,16H,1-2,5-6H2. The molecule has 0 spiro atoms.